The van der Waals surface area contributed by atoms with Gasteiger partial charge in [0, 0.05) is 6.42 Å². The Labute approximate surface area is 291 Å². The second-order valence-electron chi connectivity index (χ2n) is 13.5. The molecule has 0 rings (SSSR count). The third kappa shape index (κ3) is 35.7. The maximum Gasteiger partial charge on any atom is 0.267 e. The van der Waals surface area contributed by atoms with E-state index in [4.69, 9.17) is 0 Å². The van der Waals surface area contributed by atoms with Gasteiger partial charge in [0.1, 0.15) is 0 Å². The van der Waals surface area contributed by atoms with Gasteiger partial charge < -0.3 is 10.4 Å². The van der Waals surface area contributed by atoms with Crippen molar-refractivity contribution < 1.29 is 22.9 Å². The van der Waals surface area contributed by atoms with E-state index < -0.39 is 28.0 Å². The standard InChI is InChI=1S/C40H75NO5S/c1-3-5-7-9-11-13-15-17-18-19-20-21-22-23-24-25-27-29-31-33-35-39(42)38(37-47(44,45)46)41-40(43)36-34-32-30-28-26-16-14-12-10-8-6-4-2/h21-22,25,27,33,35,38-39,42H,3-20,23-24,26,28-32,34,36-37H2,1-2H3,(H,41,43)(H,44,45,46)/b22-21+,27-25+,35-33+. The summed E-state index contributed by atoms with van der Waals surface area (Å²) in [5.41, 5.74) is 0. The van der Waals surface area contributed by atoms with E-state index in [-0.39, 0.29) is 12.3 Å². The predicted octanol–water partition coefficient (Wildman–Crippen LogP) is 11.4. The molecule has 0 aromatic carbocycles. The van der Waals surface area contributed by atoms with Crippen LogP contribution in [0.4, 0.5) is 0 Å². The van der Waals surface area contributed by atoms with E-state index in [9.17, 15) is 22.9 Å². The molecule has 0 fully saturated rings. The van der Waals surface area contributed by atoms with Gasteiger partial charge in [-0.1, -0.05) is 179 Å². The van der Waals surface area contributed by atoms with Crippen LogP contribution in [0.25, 0.3) is 0 Å². The highest BCUT2D eigenvalue weighted by atomic mass is 32.2. The van der Waals surface area contributed by atoms with Gasteiger partial charge in [0.2, 0.25) is 5.91 Å². The highest BCUT2D eigenvalue weighted by molar-refractivity contribution is 7.85. The Balaban J connectivity index is 4.01. The first-order valence-corrected chi connectivity index (χ1v) is 21.3. The van der Waals surface area contributed by atoms with Gasteiger partial charge in [-0.3, -0.25) is 9.35 Å². The number of carbonyl (C=O) groups excluding carboxylic acids is 1. The molecule has 0 aliphatic heterocycles. The summed E-state index contributed by atoms with van der Waals surface area (Å²) in [7, 11) is -4.35. The fraction of sp³-hybridized carbons (Fsp3) is 0.825. The summed E-state index contributed by atoms with van der Waals surface area (Å²) in [5.74, 6) is -1.01. The predicted molar refractivity (Wildman–Crippen MR) is 202 cm³/mol. The Bertz CT molecular complexity index is 883. The zero-order chi connectivity index (χ0) is 34.7. The number of hydrogen-bond donors (Lipinski definition) is 3. The second kappa shape index (κ2) is 34.4. The number of allylic oxidation sites excluding steroid dienone is 5. The molecule has 47 heavy (non-hydrogen) atoms. The lowest BCUT2D eigenvalue weighted by Gasteiger charge is -2.21. The normalized spacial score (nSPS) is 13.7. The van der Waals surface area contributed by atoms with Crippen LogP contribution in [-0.2, 0) is 14.9 Å². The second-order valence-corrected chi connectivity index (χ2v) is 15.0. The molecule has 0 heterocycles. The molecule has 6 nitrogen and oxygen atoms in total. The summed E-state index contributed by atoms with van der Waals surface area (Å²) in [6, 6.07) is -1.08. The van der Waals surface area contributed by atoms with Crippen LogP contribution in [0.5, 0.6) is 0 Å². The number of unbranched alkanes of at least 4 members (excludes halogenated alkanes) is 23. The molecular weight excluding hydrogens is 607 g/mol. The zero-order valence-corrected chi connectivity index (χ0v) is 31.5. The van der Waals surface area contributed by atoms with E-state index in [1.165, 1.54) is 134 Å². The van der Waals surface area contributed by atoms with Gasteiger partial charge in [-0.05, 0) is 44.9 Å². The van der Waals surface area contributed by atoms with Crippen LogP contribution in [0.15, 0.2) is 36.5 Å². The minimum atomic E-state index is -4.35. The highest BCUT2D eigenvalue weighted by Crippen LogP contribution is 2.14. The monoisotopic (exact) mass is 682 g/mol. The molecule has 0 radical (unpaired) electrons. The van der Waals surface area contributed by atoms with Crippen LogP contribution in [-0.4, -0.2) is 41.9 Å². The van der Waals surface area contributed by atoms with Gasteiger partial charge in [0.05, 0.1) is 17.9 Å². The van der Waals surface area contributed by atoms with Crippen molar-refractivity contribution in [1.29, 1.82) is 0 Å². The fourth-order valence-corrected chi connectivity index (χ4v) is 6.57. The van der Waals surface area contributed by atoms with Crippen LogP contribution in [0, 0.1) is 0 Å². The van der Waals surface area contributed by atoms with Gasteiger partial charge in [-0.15, -0.1) is 0 Å². The quantitative estimate of drug-likeness (QED) is 0.0351. The average molecular weight is 682 g/mol. The lowest BCUT2D eigenvalue weighted by Crippen LogP contribution is -2.46. The number of hydrogen-bond acceptors (Lipinski definition) is 4. The van der Waals surface area contributed by atoms with E-state index in [2.05, 4.69) is 43.5 Å². The van der Waals surface area contributed by atoms with Gasteiger partial charge in [-0.25, -0.2) is 0 Å². The summed E-state index contributed by atoms with van der Waals surface area (Å²) >= 11 is 0. The number of aliphatic hydroxyl groups is 1. The molecule has 7 heteroatoms. The van der Waals surface area contributed by atoms with Crippen LogP contribution in [0.1, 0.15) is 194 Å². The first kappa shape index (κ1) is 45.6. The van der Waals surface area contributed by atoms with Crippen molar-refractivity contribution in [3.8, 4) is 0 Å². The number of amides is 1. The van der Waals surface area contributed by atoms with Crippen molar-refractivity contribution in [2.75, 3.05) is 5.75 Å². The molecule has 0 aromatic rings. The molecule has 2 atom stereocenters. The lowest BCUT2D eigenvalue weighted by atomic mass is 10.0. The van der Waals surface area contributed by atoms with Crippen LogP contribution in [0.3, 0.4) is 0 Å². The number of rotatable bonds is 35. The lowest BCUT2D eigenvalue weighted by molar-refractivity contribution is -0.122. The maximum absolute atomic E-state index is 12.4. The fourth-order valence-electron chi connectivity index (χ4n) is 5.83. The Morgan fingerprint density at radius 2 is 0.915 bits per heavy atom. The zero-order valence-electron chi connectivity index (χ0n) is 30.7. The minimum Gasteiger partial charge on any atom is -0.387 e. The number of aliphatic hydroxyl groups excluding tert-OH is 1. The summed E-state index contributed by atoms with van der Waals surface area (Å²) in [6.45, 7) is 4.51. The van der Waals surface area contributed by atoms with Crippen LogP contribution in [0.2, 0.25) is 0 Å². The third-order valence-electron chi connectivity index (χ3n) is 8.80. The molecule has 0 aliphatic rings. The molecule has 0 saturated carbocycles. The van der Waals surface area contributed by atoms with E-state index in [1.807, 2.05) is 0 Å². The van der Waals surface area contributed by atoms with Gasteiger partial charge >= 0.3 is 0 Å². The molecule has 1 amide bonds. The van der Waals surface area contributed by atoms with E-state index in [0.29, 0.717) is 6.42 Å². The van der Waals surface area contributed by atoms with E-state index in [0.717, 1.165) is 38.5 Å². The van der Waals surface area contributed by atoms with Crippen molar-refractivity contribution in [2.24, 2.45) is 0 Å². The van der Waals surface area contributed by atoms with E-state index in [1.54, 1.807) is 6.08 Å². The maximum atomic E-state index is 12.4. The molecule has 0 bridgehead atoms. The first-order valence-electron chi connectivity index (χ1n) is 19.7. The van der Waals surface area contributed by atoms with E-state index >= 15 is 0 Å². The molecule has 0 aromatic heterocycles. The Morgan fingerprint density at radius 1 is 0.553 bits per heavy atom. The topological polar surface area (TPSA) is 104 Å². The summed E-state index contributed by atoms with van der Waals surface area (Å²) in [6.07, 6.45) is 44.2. The Morgan fingerprint density at radius 3 is 1.34 bits per heavy atom. The molecule has 0 spiro atoms. The van der Waals surface area contributed by atoms with Crippen molar-refractivity contribution in [2.45, 2.75) is 206 Å². The Kier molecular flexibility index (Phi) is 33.4. The molecule has 3 N–H and O–H groups in total. The largest absolute Gasteiger partial charge is 0.387 e. The van der Waals surface area contributed by atoms with Gasteiger partial charge in [-0.2, -0.15) is 8.42 Å². The SMILES string of the molecule is CCCCCCCCCCCC/C=C/CC/C=C/CC/C=C/C(O)C(CS(=O)(=O)O)NC(=O)CCCCCCCCCCCCCC. The highest BCUT2D eigenvalue weighted by Gasteiger charge is 2.24. The summed E-state index contributed by atoms with van der Waals surface area (Å²) in [4.78, 5) is 12.4. The van der Waals surface area contributed by atoms with Crippen LogP contribution < -0.4 is 5.32 Å². The first-order chi connectivity index (χ1) is 22.8. The van der Waals surface area contributed by atoms with Crippen molar-refractivity contribution in [3.63, 3.8) is 0 Å². The van der Waals surface area contributed by atoms with Crippen molar-refractivity contribution in [1.82, 2.24) is 5.32 Å². The molecule has 0 saturated heterocycles. The molecule has 276 valence electrons. The molecular formula is C40H75NO5S. The van der Waals surface area contributed by atoms with Crippen molar-refractivity contribution >= 4 is 16.0 Å². The number of nitrogens with one attached hydrogen (secondary N) is 1. The van der Waals surface area contributed by atoms with Gasteiger partial charge in [0.15, 0.2) is 0 Å². The number of carbonyl (C=O) groups is 1. The minimum absolute atomic E-state index is 0.287. The summed E-state index contributed by atoms with van der Waals surface area (Å²) in [5, 5.41) is 13.2. The van der Waals surface area contributed by atoms with Crippen molar-refractivity contribution in [3.05, 3.63) is 36.5 Å². The Hall–Kier alpha value is -1.44. The third-order valence-corrected chi connectivity index (χ3v) is 9.58. The molecule has 0 aliphatic carbocycles. The van der Waals surface area contributed by atoms with Gasteiger partial charge in [0.25, 0.3) is 10.1 Å². The average Bonchev–Trinajstić information content (AvgIpc) is 3.03. The van der Waals surface area contributed by atoms with Crippen LogP contribution >= 0.6 is 0 Å². The molecule has 2 unspecified atom stereocenters. The summed E-state index contributed by atoms with van der Waals surface area (Å²) < 4.78 is 32.4. The smallest absolute Gasteiger partial charge is 0.267 e.